The maximum Gasteiger partial charge on any atom is 0.221 e. The van der Waals surface area contributed by atoms with Crippen LogP contribution in [0.5, 0.6) is 0 Å². The molecule has 0 aliphatic carbocycles. The summed E-state index contributed by atoms with van der Waals surface area (Å²) in [7, 11) is 0. The third-order valence-corrected chi connectivity index (χ3v) is 2.90. The SMILES string of the molecule is CCCNCCNC(=O)CCN1CCCC1. The van der Waals surface area contributed by atoms with Crippen LogP contribution in [-0.2, 0) is 4.79 Å². The van der Waals surface area contributed by atoms with Gasteiger partial charge in [-0.2, -0.15) is 0 Å². The van der Waals surface area contributed by atoms with Crippen LogP contribution >= 0.6 is 0 Å². The van der Waals surface area contributed by atoms with Crippen molar-refractivity contribution in [2.75, 3.05) is 39.3 Å². The van der Waals surface area contributed by atoms with E-state index in [0.717, 1.165) is 32.6 Å². The van der Waals surface area contributed by atoms with Gasteiger partial charge in [-0.05, 0) is 38.9 Å². The predicted molar refractivity (Wildman–Crippen MR) is 66.5 cm³/mol. The summed E-state index contributed by atoms with van der Waals surface area (Å²) in [5, 5.41) is 6.20. The smallest absolute Gasteiger partial charge is 0.221 e. The van der Waals surface area contributed by atoms with Gasteiger partial charge in [0.25, 0.3) is 0 Å². The summed E-state index contributed by atoms with van der Waals surface area (Å²) in [6, 6.07) is 0. The fourth-order valence-corrected chi connectivity index (χ4v) is 1.95. The van der Waals surface area contributed by atoms with E-state index in [1.165, 1.54) is 25.9 Å². The van der Waals surface area contributed by atoms with Crippen molar-refractivity contribution in [1.82, 2.24) is 15.5 Å². The Morgan fingerprint density at radius 2 is 1.94 bits per heavy atom. The molecule has 0 aromatic carbocycles. The van der Waals surface area contributed by atoms with E-state index in [1.807, 2.05) is 0 Å². The first kappa shape index (κ1) is 13.5. The number of amides is 1. The molecule has 1 fully saturated rings. The molecule has 0 atom stereocenters. The Balaban J connectivity index is 1.90. The molecule has 1 amide bonds. The van der Waals surface area contributed by atoms with E-state index < -0.39 is 0 Å². The zero-order valence-electron chi connectivity index (χ0n) is 10.4. The number of carbonyl (C=O) groups excluding carboxylic acids is 1. The van der Waals surface area contributed by atoms with Crippen LogP contribution in [0.1, 0.15) is 32.6 Å². The molecular weight excluding hydrogens is 202 g/mol. The van der Waals surface area contributed by atoms with E-state index in [4.69, 9.17) is 0 Å². The molecule has 94 valence electrons. The highest BCUT2D eigenvalue weighted by atomic mass is 16.1. The molecular formula is C12H25N3O. The highest BCUT2D eigenvalue weighted by Gasteiger charge is 2.12. The summed E-state index contributed by atoms with van der Waals surface area (Å²) in [5.74, 6) is 0.185. The van der Waals surface area contributed by atoms with Crippen LogP contribution in [0.25, 0.3) is 0 Å². The molecule has 0 spiro atoms. The summed E-state index contributed by atoms with van der Waals surface area (Å²) in [6.07, 6.45) is 4.38. The van der Waals surface area contributed by atoms with Gasteiger partial charge in [0.2, 0.25) is 5.91 Å². The highest BCUT2D eigenvalue weighted by Crippen LogP contribution is 2.06. The summed E-state index contributed by atoms with van der Waals surface area (Å²) in [4.78, 5) is 13.8. The Bertz CT molecular complexity index is 191. The number of carbonyl (C=O) groups is 1. The normalized spacial score (nSPS) is 16.6. The molecule has 2 N–H and O–H groups in total. The van der Waals surface area contributed by atoms with E-state index >= 15 is 0 Å². The van der Waals surface area contributed by atoms with Gasteiger partial charge in [-0.15, -0.1) is 0 Å². The first-order valence-corrected chi connectivity index (χ1v) is 6.52. The summed E-state index contributed by atoms with van der Waals surface area (Å²) >= 11 is 0. The molecule has 0 aromatic heterocycles. The number of rotatable bonds is 8. The van der Waals surface area contributed by atoms with Crippen molar-refractivity contribution in [3.63, 3.8) is 0 Å². The van der Waals surface area contributed by atoms with E-state index in [9.17, 15) is 4.79 Å². The van der Waals surface area contributed by atoms with Gasteiger partial charge in [-0.25, -0.2) is 0 Å². The topological polar surface area (TPSA) is 44.4 Å². The predicted octanol–water partition coefficient (Wildman–Crippen LogP) is 0.588. The van der Waals surface area contributed by atoms with Crippen LogP contribution in [0, 0.1) is 0 Å². The fraction of sp³-hybridized carbons (Fsp3) is 0.917. The molecule has 4 heteroatoms. The third-order valence-electron chi connectivity index (χ3n) is 2.90. The van der Waals surface area contributed by atoms with Gasteiger partial charge in [-0.3, -0.25) is 4.79 Å². The molecule has 0 saturated carbocycles. The highest BCUT2D eigenvalue weighted by molar-refractivity contribution is 5.76. The van der Waals surface area contributed by atoms with E-state index in [2.05, 4.69) is 22.5 Å². The number of likely N-dealkylation sites (tertiary alicyclic amines) is 1. The minimum Gasteiger partial charge on any atom is -0.355 e. The second-order valence-electron chi connectivity index (χ2n) is 4.40. The van der Waals surface area contributed by atoms with Crippen LogP contribution < -0.4 is 10.6 Å². The van der Waals surface area contributed by atoms with E-state index in [-0.39, 0.29) is 5.91 Å². The Kier molecular flexibility index (Phi) is 7.17. The van der Waals surface area contributed by atoms with Gasteiger partial charge in [0.15, 0.2) is 0 Å². The Labute approximate surface area is 98.8 Å². The zero-order chi connectivity index (χ0) is 11.6. The summed E-state index contributed by atoms with van der Waals surface area (Å²) in [5.41, 5.74) is 0. The molecule has 0 unspecified atom stereocenters. The van der Waals surface area contributed by atoms with E-state index in [1.54, 1.807) is 0 Å². The van der Waals surface area contributed by atoms with Gasteiger partial charge < -0.3 is 15.5 Å². The van der Waals surface area contributed by atoms with Crippen molar-refractivity contribution < 1.29 is 4.79 Å². The molecule has 1 aliphatic heterocycles. The van der Waals surface area contributed by atoms with E-state index in [0.29, 0.717) is 6.42 Å². The second-order valence-corrected chi connectivity index (χ2v) is 4.40. The van der Waals surface area contributed by atoms with Crippen molar-refractivity contribution in [2.24, 2.45) is 0 Å². The number of nitrogens with zero attached hydrogens (tertiary/aromatic N) is 1. The Morgan fingerprint density at radius 1 is 1.19 bits per heavy atom. The third kappa shape index (κ3) is 6.08. The van der Waals surface area contributed by atoms with Crippen LogP contribution in [0.3, 0.4) is 0 Å². The molecule has 1 aliphatic rings. The standard InChI is InChI=1S/C12H25N3O/c1-2-6-13-7-8-14-12(16)5-11-15-9-3-4-10-15/h13H,2-11H2,1H3,(H,14,16). The van der Waals surface area contributed by atoms with Gasteiger partial charge in [0.1, 0.15) is 0 Å². The number of nitrogens with one attached hydrogen (secondary N) is 2. The summed E-state index contributed by atoms with van der Waals surface area (Å²) < 4.78 is 0. The average Bonchev–Trinajstić information content (AvgIpc) is 2.79. The molecule has 1 saturated heterocycles. The number of hydrogen-bond donors (Lipinski definition) is 2. The second kappa shape index (κ2) is 8.53. The van der Waals surface area contributed by atoms with Gasteiger partial charge in [-0.1, -0.05) is 6.92 Å². The first-order chi connectivity index (χ1) is 7.83. The molecule has 16 heavy (non-hydrogen) atoms. The Morgan fingerprint density at radius 3 is 2.62 bits per heavy atom. The molecule has 0 radical (unpaired) electrons. The average molecular weight is 227 g/mol. The Hall–Kier alpha value is -0.610. The fourth-order valence-electron chi connectivity index (χ4n) is 1.95. The van der Waals surface area contributed by atoms with Crippen molar-refractivity contribution in [3.05, 3.63) is 0 Å². The lowest BCUT2D eigenvalue weighted by atomic mass is 10.3. The molecule has 1 heterocycles. The van der Waals surface area contributed by atoms with Crippen molar-refractivity contribution >= 4 is 5.91 Å². The van der Waals surface area contributed by atoms with Crippen molar-refractivity contribution in [2.45, 2.75) is 32.6 Å². The monoisotopic (exact) mass is 227 g/mol. The minimum absolute atomic E-state index is 0.185. The van der Waals surface area contributed by atoms with Crippen LogP contribution in [0.15, 0.2) is 0 Å². The van der Waals surface area contributed by atoms with Crippen LogP contribution in [0.4, 0.5) is 0 Å². The maximum absolute atomic E-state index is 11.5. The largest absolute Gasteiger partial charge is 0.355 e. The summed E-state index contributed by atoms with van der Waals surface area (Å²) in [6.45, 7) is 8.07. The lowest BCUT2D eigenvalue weighted by Crippen LogP contribution is -2.34. The first-order valence-electron chi connectivity index (χ1n) is 6.52. The number of hydrogen-bond acceptors (Lipinski definition) is 3. The zero-order valence-corrected chi connectivity index (χ0v) is 10.4. The van der Waals surface area contributed by atoms with Crippen LogP contribution in [0.2, 0.25) is 0 Å². The molecule has 0 aromatic rings. The van der Waals surface area contributed by atoms with Gasteiger partial charge in [0.05, 0.1) is 0 Å². The van der Waals surface area contributed by atoms with Crippen LogP contribution in [-0.4, -0.2) is 50.1 Å². The quantitative estimate of drug-likeness (QED) is 0.597. The van der Waals surface area contributed by atoms with Crippen molar-refractivity contribution in [3.8, 4) is 0 Å². The molecule has 4 nitrogen and oxygen atoms in total. The van der Waals surface area contributed by atoms with Gasteiger partial charge in [0, 0.05) is 26.1 Å². The molecule has 1 rings (SSSR count). The lowest BCUT2D eigenvalue weighted by molar-refractivity contribution is -0.121. The maximum atomic E-state index is 11.5. The van der Waals surface area contributed by atoms with Gasteiger partial charge >= 0.3 is 0 Å². The lowest BCUT2D eigenvalue weighted by Gasteiger charge is -2.13. The minimum atomic E-state index is 0.185. The van der Waals surface area contributed by atoms with Crippen molar-refractivity contribution in [1.29, 1.82) is 0 Å². The molecule has 0 bridgehead atoms.